The number of thiazole rings is 1. The number of nitrogens with one attached hydrogen (secondary N) is 1. The largest absolute Gasteiger partial charge is 0.244 e. The van der Waals surface area contributed by atoms with Crippen LogP contribution < -0.4 is 4.72 Å². The Morgan fingerprint density at radius 2 is 1.86 bits per heavy atom. The van der Waals surface area contributed by atoms with E-state index >= 15 is 0 Å². The smallest absolute Gasteiger partial charge is 0.240 e. The second-order valence-corrected chi connectivity index (χ2v) is 8.73. The predicted octanol–water partition coefficient (Wildman–Crippen LogP) is 3.57. The van der Waals surface area contributed by atoms with E-state index < -0.39 is 10.0 Å². The second kappa shape index (κ2) is 6.04. The van der Waals surface area contributed by atoms with E-state index in [2.05, 4.69) is 30.5 Å². The van der Waals surface area contributed by atoms with E-state index in [1.165, 1.54) is 12.1 Å². The fraction of sp³-hybridized carbons (Fsp3) is 0.357. The highest BCUT2D eigenvalue weighted by molar-refractivity contribution is 7.89. The van der Waals surface area contributed by atoms with E-state index in [0.29, 0.717) is 5.02 Å². The predicted molar refractivity (Wildman–Crippen MR) is 86.3 cm³/mol. The van der Waals surface area contributed by atoms with E-state index in [4.69, 9.17) is 11.6 Å². The van der Waals surface area contributed by atoms with E-state index in [1.54, 1.807) is 23.5 Å². The summed E-state index contributed by atoms with van der Waals surface area (Å²) >= 11 is 7.30. The first-order valence-corrected chi connectivity index (χ1v) is 9.13. The standard InChI is InChI=1S/C14H17ClN2O2S2/c1-14(2,3)13-17-11(9-20-13)8-16-21(18,19)12-6-4-10(15)5-7-12/h4-7,9,16H,8H2,1-3H3. The van der Waals surface area contributed by atoms with Gasteiger partial charge in [0, 0.05) is 15.8 Å². The van der Waals surface area contributed by atoms with Crippen LogP contribution in [0, 0.1) is 0 Å². The molecule has 0 amide bonds. The normalized spacial score (nSPS) is 12.6. The fourth-order valence-electron chi connectivity index (χ4n) is 1.60. The average Bonchev–Trinajstić information content (AvgIpc) is 2.86. The maximum atomic E-state index is 12.1. The summed E-state index contributed by atoms with van der Waals surface area (Å²) < 4.78 is 26.8. The maximum absolute atomic E-state index is 12.1. The first-order valence-electron chi connectivity index (χ1n) is 6.38. The van der Waals surface area contributed by atoms with Crippen LogP contribution in [0.15, 0.2) is 34.5 Å². The third kappa shape index (κ3) is 4.26. The van der Waals surface area contributed by atoms with Crippen molar-refractivity contribution in [1.29, 1.82) is 0 Å². The van der Waals surface area contributed by atoms with Gasteiger partial charge in [-0.1, -0.05) is 32.4 Å². The summed E-state index contributed by atoms with van der Waals surface area (Å²) in [4.78, 5) is 4.66. The van der Waals surface area contributed by atoms with Gasteiger partial charge in [-0.25, -0.2) is 18.1 Å². The minimum atomic E-state index is -3.55. The molecule has 0 unspecified atom stereocenters. The zero-order valence-electron chi connectivity index (χ0n) is 12.1. The van der Waals surface area contributed by atoms with Gasteiger partial charge in [0.25, 0.3) is 0 Å². The minimum absolute atomic E-state index is 0.0298. The lowest BCUT2D eigenvalue weighted by Crippen LogP contribution is -2.23. The van der Waals surface area contributed by atoms with Gasteiger partial charge in [-0.15, -0.1) is 11.3 Å². The molecule has 0 radical (unpaired) electrons. The monoisotopic (exact) mass is 344 g/mol. The SMILES string of the molecule is CC(C)(C)c1nc(CNS(=O)(=O)c2ccc(Cl)cc2)cs1. The van der Waals surface area contributed by atoms with Gasteiger partial charge in [-0.2, -0.15) is 0 Å². The molecule has 0 saturated carbocycles. The third-order valence-electron chi connectivity index (χ3n) is 2.76. The van der Waals surface area contributed by atoms with Crippen molar-refractivity contribution in [2.24, 2.45) is 0 Å². The number of sulfonamides is 1. The molecule has 0 aliphatic carbocycles. The molecule has 1 aromatic heterocycles. The van der Waals surface area contributed by atoms with Gasteiger partial charge >= 0.3 is 0 Å². The lowest BCUT2D eigenvalue weighted by Gasteiger charge is -2.13. The zero-order valence-corrected chi connectivity index (χ0v) is 14.4. The first kappa shape index (κ1) is 16.4. The Morgan fingerprint density at radius 1 is 1.24 bits per heavy atom. The molecule has 1 N–H and O–H groups in total. The van der Waals surface area contributed by atoms with Gasteiger partial charge in [0.05, 0.1) is 22.1 Å². The van der Waals surface area contributed by atoms with E-state index in [1.807, 2.05) is 5.38 Å². The van der Waals surface area contributed by atoms with Crippen molar-refractivity contribution in [3.63, 3.8) is 0 Å². The first-order chi connectivity index (χ1) is 9.68. The van der Waals surface area contributed by atoms with Gasteiger partial charge < -0.3 is 0 Å². The number of hydrogen-bond acceptors (Lipinski definition) is 4. The Bertz CT molecular complexity index is 716. The summed E-state index contributed by atoms with van der Waals surface area (Å²) in [5.41, 5.74) is 0.695. The van der Waals surface area contributed by atoms with Gasteiger partial charge in [-0.3, -0.25) is 0 Å². The molecular weight excluding hydrogens is 328 g/mol. The molecule has 0 aliphatic rings. The molecule has 7 heteroatoms. The topological polar surface area (TPSA) is 59.1 Å². The molecular formula is C14H17ClN2O2S2. The van der Waals surface area contributed by atoms with Crippen LogP contribution in [0.3, 0.4) is 0 Å². The molecule has 0 spiro atoms. The van der Waals surface area contributed by atoms with Crippen molar-refractivity contribution in [2.75, 3.05) is 0 Å². The summed E-state index contributed by atoms with van der Waals surface area (Å²) in [5, 5.41) is 3.37. The second-order valence-electron chi connectivity index (χ2n) is 5.67. The number of aromatic nitrogens is 1. The number of halogens is 1. The molecule has 0 bridgehead atoms. The van der Waals surface area contributed by atoms with Crippen molar-refractivity contribution < 1.29 is 8.42 Å². The molecule has 1 aromatic carbocycles. The molecule has 2 aromatic rings. The summed E-state index contributed by atoms with van der Waals surface area (Å²) in [5.74, 6) is 0. The van der Waals surface area contributed by atoms with Crippen molar-refractivity contribution in [1.82, 2.24) is 9.71 Å². The van der Waals surface area contributed by atoms with Crippen LogP contribution in [-0.4, -0.2) is 13.4 Å². The van der Waals surface area contributed by atoms with E-state index in [-0.39, 0.29) is 16.9 Å². The van der Waals surface area contributed by atoms with E-state index in [9.17, 15) is 8.42 Å². The van der Waals surface area contributed by atoms with Crippen LogP contribution in [0.25, 0.3) is 0 Å². The highest BCUT2D eigenvalue weighted by Gasteiger charge is 2.19. The summed E-state index contributed by atoms with van der Waals surface area (Å²) in [6.45, 7) is 6.41. The molecule has 0 aliphatic heterocycles. The van der Waals surface area contributed by atoms with Crippen LogP contribution >= 0.6 is 22.9 Å². The Kier molecular flexibility index (Phi) is 4.72. The number of rotatable bonds is 4. The van der Waals surface area contributed by atoms with Gasteiger partial charge in [0.15, 0.2) is 0 Å². The summed E-state index contributed by atoms with van der Waals surface area (Å²) in [6.07, 6.45) is 0. The molecule has 0 saturated heterocycles. The van der Waals surface area contributed by atoms with Crippen molar-refractivity contribution in [3.05, 3.63) is 45.4 Å². The van der Waals surface area contributed by atoms with Gasteiger partial charge in [0.2, 0.25) is 10.0 Å². The maximum Gasteiger partial charge on any atom is 0.240 e. The highest BCUT2D eigenvalue weighted by Crippen LogP contribution is 2.25. The fourth-order valence-corrected chi connectivity index (χ4v) is 3.63. The van der Waals surface area contributed by atoms with Crippen LogP contribution in [0.4, 0.5) is 0 Å². The number of hydrogen-bond donors (Lipinski definition) is 1. The lowest BCUT2D eigenvalue weighted by atomic mass is 9.98. The zero-order chi connectivity index (χ0) is 15.7. The minimum Gasteiger partial charge on any atom is -0.244 e. The van der Waals surface area contributed by atoms with E-state index in [0.717, 1.165) is 10.7 Å². The molecule has 114 valence electrons. The molecule has 1 heterocycles. The van der Waals surface area contributed by atoms with Crippen LogP contribution in [-0.2, 0) is 22.0 Å². The van der Waals surface area contributed by atoms with Crippen molar-refractivity contribution in [3.8, 4) is 0 Å². The number of nitrogens with zero attached hydrogens (tertiary/aromatic N) is 1. The van der Waals surface area contributed by atoms with Crippen LogP contribution in [0.5, 0.6) is 0 Å². The number of benzene rings is 1. The van der Waals surface area contributed by atoms with Crippen molar-refractivity contribution in [2.45, 2.75) is 37.6 Å². The molecule has 0 atom stereocenters. The van der Waals surface area contributed by atoms with Crippen LogP contribution in [0.2, 0.25) is 5.02 Å². The summed E-state index contributed by atoms with van der Waals surface area (Å²) in [6, 6.07) is 6.06. The highest BCUT2D eigenvalue weighted by atomic mass is 35.5. The molecule has 2 rings (SSSR count). The molecule has 0 fully saturated rings. The Morgan fingerprint density at radius 3 is 2.38 bits per heavy atom. The molecule has 4 nitrogen and oxygen atoms in total. The Hall–Kier alpha value is -0.950. The Labute approximate surface area is 134 Å². The third-order valence-corrected chi connectivity index (χ3v) is 5.75. The quantitative estimate of drug-likeness (QED) is 0.922. The van der Waals surface area contributed by atoms with Gasteiger partial charge in [0.1, 0.15) is 0 Å². The lowest BCUT2D eigenvalue weighted by molar-refractivity contribution is 0.575. The molecule has 21 heavy (non-hydrogen) atoms. The average molecular weight is 345 g/mol. The van der Waals surface area contributed by atoms with Crippen molar-refractivity contribution >= 4 is 33.0 Å². The van der Waals surface area contributed by atoms with Crippen LogP contribution in [0.1, 0.15) is 31.5 Å². The Balaban J connectivity index is 2.08. The summed E-state index contributed by atoms with van der Waals surface area (Å²) in [7, 11) is -3.55. The van der Waals surface area contributed by atoms with Gasteiger partial charge in [-0.05, 0) is 24.3 Å².